The van der Waals surface area contributed by atoms with E-state index in [9.17, 15) is 19.2 Å². The van der Waals surface area contributed by atoms with Crippen LogP contribution in [0.3, 0.4) is 0 Å². The lowest BCUT2D eigenvalue weighted by molar-refractivity contribution is -0.136. The van der Waals surface area contributed by atoms with Crippen molar-refractivity contribution in [1.29, 1.82) is 0 Å². The van der Waals surface area contributed by atoms with Crippen LogP contribution in [-0.2, 0) is 19.1 Å². The molecular weight excluding hydrogens is 825 g/mol. The van der Waals surface area contributed by atoms with Gasteiger partial charge in [0.15, 0.2) is 0 Å². The number of imidazole rings is 2. The highest BCUT2D eigenvalue weighted by Gasteiger charge is 2.39. The van der Waals surface area contributed by atoms with Crippen LogP contribution in [0.25, 0.3) is 54.2 Å². The fourth-order valence-corrected chi connectivity index (χ4v) is 11.0. The van der Waals surface area contributed by atoms with Crippen molar-refractivity contribution in [3.63, 3.8) is 0 Å². The smallest absolute Gasteiger partial charge is 0.407 e. The minimum Gasteiger partial charge on any atom is -0.453 e. The molecule has 0 radical (unpaired) electrons. The van der Waals surface area contributed by atoms with Gasteiger partial charge in [0.2, 0.25) is 11.8 Å². The molecule has 62 heavy (non-hydrogen) atoms. The van der Waals surface area contributed by atoms with Crippen molar-refractivity contribution in [2.45, 2.75) is 77.5 Å². The fourth-order valence-electron chi connectivity index (χ4n) is 8.57. The maximum atomic E-state index is 13.6. The number of carbonyl (C=O) groups is 4. The molecule has 0 bridgehead atoms. The second-order valence-corrected chi connectivity index (χ2v) is 18.3. The van der Waals surface area contributed by atoms with E-state index in [0.29, 0.717) is 13.1 Å². The van der Waals surface area contributed by atoms with E-state index in [1.54, 1.807) is 22.7 Å². The first kappa shape index (κ1) is 42.7. The number of ether oxygens (including phenoxy) is 2. The van der Waals surface area contributed by atoms with Crippen molar-refractivity contribution in [3.8, 4) is 44.8 Å². The Balaban J connectivity index is 0.937. The van der Waals surface area contributed by atoms with Gasteiger partial charge in [-0.15, -0.1) is 22.7 Å². The fraction of sp³-hybridized carbons (Fsp3) is 0.391. The quantitative estimate of drug-likeness (QED) is 0.0942. The number of fused-ring (bicyclic) bond motifs is 1. The van der Waals surface area contributed by atoms with Crippen molar-refractivity contribution < 1.29 is 28.7 Å². The highest BCUT2D eigenvalue weighted by atomic mass is 32.1. The molecule has 14 nitrogen and oxygen atoms in total. The summed E-state index contributed by atoms with van der Waals surface area (Å²) < 4.78 is 12.0. The second-order valence-electron chi connectivity index (χ2n) is 16.6. The summed E-state index contributed by atoms with van der Waals surface area (Å²) in [5.74, 6) is 1.00. The van der Waals surface area contributed by atoms with Gasteiger partial charge in [-0.1, -0.05) is 76.2 Å². The predicted octanol–water partition coefficient (Wildman–Crippen LogP) is 9.17. The highest BCUT2D eigenvalue weighted by Crippen LogP contribution is 2.45. The van der Waals surface area contributed by atoms with E-state index in [-0.39, 0.29) is 35.7 Å². The zero-order valence-corrected chi connectivity index (χ0v) is 37.3. The average Bonchev–Trinajstić information content (AvgIpc) is 4.14. The van der Waals surface area contributed by atoms with Gasteiger partial charge in [-0.2, -0.15) is 0 Å². The van der Waals surface area contributed by atoms with Gasteiger partial charge in [-0.3, -0.25) is 9.59 Å². The van der Waals surface area contributed by atoms with E-state index >= 15 is 0 Å². The molecule has 4 N–H and O–H groups in total. The Labute approximate surface area is 368 Å². The van der Waals surface area contributed by atoms with E-state index in [1.165, 1.54) is 34.7 Å². The molecule has 4 atom stereocenters. The number of benzene rings is 2. The summed E-state index contributed by atoms with van der Waals surface area (Å²) in [5.41, 5.74) is 8.41. The molecule has 2 aliphatic rings. The number of rotatable bonds is 12. The maximum absolute atomic E-state index is 13.6. The molecule has 4 unspecified atom stereocenters. The predicted molar refractivity (Wildman–Crippen MR) is 241 cm³/mol. The topological polar surface area (TPSA) is 175 Å². The van der Waals surface area contributed by atoms with Crippen LogP contribution < -0.4 is 10.6 Å². The monoisotopic (exact) mass is 876 g/mol. The lowest BCUT2D eigenvalue weighted by Gasteiger charge is -2.30. The van der Waals surface area contributed by atoms with Crippen molar-refractivity contribution in [3.05, 3.63) is 83.3 Å². The number of aromatic nitrogens is 4. The number of H-pyrrole nitrogens is 2. The van der Waals surface area contributed by atoms with Crippen molar-refractivity contribution in [2.75, 3.05) is 27.3 Å². The molecular formula is C46H52N8O6S2. The Hall–Kier alpha value is -6.00. The van der Waals surface area contributed by atoms with Gasteiger partial charge >= 0.3 is 12.2 Å². The largest absolute Gasteiger partial charge is 0.453 e. The summed E-state index contributed by atoms with van der Waals surface area (Å²) >= 11 is 3.49. The highest BCUT2D eigenvalue weighted by molar-refractivity contribution is 7.27. The molecule has 2 aromatic carbocycles. The summed E-state index contributed by atoms with van der Waals surface area (Å²) in [4.78, 5) is 71.2. The number of carbonyl (C=O) groups excluding carboxylic acids is 4. The zero-order valence-electron chi connectivity index (χ0n) is 35.7. The number of nitrogens with one attached hydrogen (secondary N) is 4. The summed E-state index contributed by atoms with van der Waals surface area (Å²) in [6.45, 7) is 8.83. The Bertz CT molecular complexity index is 2380. The van der Waals surface area contributed by atoms with Crippen LogP contribution in [0.1, 0.15) is 77.1 Å². The van der Waals surface area contributed by atoms with Crippen LogP contribution in [-0.4, -0.2) is 93.1 Å². The molecule has 0 aliphatic carbocycles. The van der Waals surface area contributed by atoms with Gasteiger partial charge < -0.3 is 39.9 Å². The molecule has 4 amide bonds. The Kier molecular flexibility index (Phi) is 12.5. The van der Waals surface area contributed by atoms with Crippen LogP contribution in [0.2, 0.25) is 0 Å². The van der Waals surface area contributed by atoms with Gasteiger partial charge in [0.05, 0.1) is 59.5 Å². The number of hydrogen-bond acceptors (Lipinski definition) is 10. The van der Waals surface area contributed by atoms with E-state index in [4.69, 9.17) is 19.4 Å². The third-order valence-electron chi connectivity index (χ3n) is 12.0. The van der Waals surface area contributed by atoms with Gasteiger partial charge in [0.1, 0.15) is 23.7 Å². The Morgan fingerprint density at radius 1 is 0.629 bits per heavy atom. The first-order valence-electron chi connectivity index (χ1n) is 21.1. The van der Waals surface area contributed by atoms with Gasteiger partial charge in [-0.25, -0.2) is 19.6 Å². The Morgan fingerprint density at radius 3 is 1.35 bits per heavy atom. The molecule has 4 aromatic heterocycles. The maximum Gasteiger partial charge on any atom is 0.407 e. The number of amides is 4. The molecule has 324 valence electrons. The number of hydrogen-bond donors (Lipinski definition) is 4. The molecule has 2 aliphatic heterocycles. The van der Waals surface area contributed by atoms with Crippen LogP contribution in [0, 0.1) is 11.8 Å². The minimum atomic E-state index is -0.685. The minimum absolute atomic E-state index is 0.103. The van der Waals surface area contributed by atoms with Crippen molar-refractivity contribution >= 4 is 56.1 Å². The normalized spacial score (nSPS) is 17.5. The standard InChI is InChI=1S/C46H52N8O6S2/c1-25(2)37(51-45(57)59-5)43(55)53-19-7-9-35(53)41-47-21-33(49-41)29-15-11-27(12-16-29)31-23-61-40-32(24-62-39(31)40)28-13-17-30(18-14-28)34-22-48-42(50-34)36-10-8-20-54(36)44(56)38(26(3)4)52-46(58)60-6/h11-18,21-26,35-38H,7-10,19-20H2,1-6H3,(H,47,49)(H,48,50)(H,51,57)(H,52,58). The summed E-state index contributed by atoms with van der Waals surface area (Å²) in [6, 6.07) is 15.2. The number of alkyl carbamates (subject to hydrolysis) is 2. The molecule has 0 spiro atoms. The first-order chi connectivity index (χ1) is 29.9. The molecule has 2 fully saturated rings. The van der Waals surface area contributed by atoms with Crippen molar-refractivity contribution in [2.24, 2.45) is 11.8 Å². The van der Waals surface area contributed by atoms with Crippen LogP contribution in [0.5, 0.6) is 0 Å². The SMILES string of the molecule is COC(=O)NC(C(=O)N1CCCC1c1ncc(-c2ccc(-c3csc4c(-c5ccc(-c6cnc(C7CCCN7C(=O)C(NC(=O)OC)C(C)C)[nH]6)cc5)csc34)cc2)[nH]1)C(C)C. The first-order valence-corrected chi connectivity index (χ1v) is 22.8. The number of aromatic amines is 2. The van der Waals surface area contributed by atoms with Gasteiger partial charge in [0.25, 0.3) is 0 Å². The van der Waals surface area contributed by atoms with Crippen LogP contribution in [0.4, 0.5) is 9.59 Å². The molecule has 6 aromatic rings. The number of nitrogens with zero attached hydrogens (tertiary/aromatic N) is 4. The van der Waals surface area contributed by atoms with Crippen LogP contribution in [0.15, 0.2) is 71.7 Å². The summed E-state index contributed by atoms with van der Waals surface area (Å²) in [6.07, 6.45) is 5.69. The summed E-state index contributed by atoms with van der Waals surface area (Å²) in [5, 5.41) is 9.87. The lowest BCUT2D eigenvalue weighted by Crippen LogP contribution is -2.51. The molecule has 16 heteroatoms. The van der Waals surface area contributed by atoms with E-state index < -0.39 is 24.3 Å². The number of thiophene rings is 2. The number of methoxy groups -OCH3 is 2. The average molecular weight is 877 g/mol. The third-order valence-corrected chi connectivity index (χ3v) is 14.1. The zero-order chi connectivity index (χ0) is 43.7. The third kappa shape index (κ3) is 8.45. The molecule has 2 saturated heterocycles. The van der Waals surface area contributed by atoms with E-state index in [2.05, 4.69) is 79.9 Å². The van der Waals surface area contributed by atoms with Gasteiger partial charge in [-0.05, 0) is 59.8 Å². The van der Waals surface area contributed by atoms with E-state index in [1.807, 2.05) is 49.9 Å². The second kappa shape index (κ2) is 18.2. The summed E-state index contributed by atoms with van der Waals surface area (Å²) in [7, 11) is 2.59. The Morgan fingerprint density at radius 2 is 1.00 bits per heavy atom. The molecule has 0 saturated carbocycles. The molecule has 6 heterocycles. The molecule has 8 rings (SSSR count). The number of likely N-dealkylation sites (tertiary alicyclic amines) is 2. The van der Waals surface area contributed by atoms with Gasteiger partial charge in [0, 0.05) is 35.0 Å². The van der Waals surface area contributed by atoms with Crippen LogP contribution >= 0.6 is 22.7 Å². The van der Waals surface area contributed by atoms with Crippen molar-refractivity contribution in [1.82, 2.24) is 40.4 Å². The van der Waals surface area contributed by atoms with E-state index in [0.717, 1.165) is 71.0 Å². The lowest BCUT2D eigenvalue weighted by atomic mass is 10.0.